The van der Waals surface area contributed by atoms with Crippen molar-refractivity contribution in [2.24, 2.45) is 5.92 Å². The Hall–Kier alpha value is -1.89. The second-order valence-corrected chi connectivity index (χ2v) is 4.84. The number of hydrogen-bond acceptors (Lipinski definition) is 4. The monoisotopic (exact) mass is 284 g/mol. The summed E-state index contributed by atoms with van der Waals surface area (Å²) in [5, 5.41) is 5.90. The molecule has 7 heteroatoms. The molecule has 2 heterocycles. The quantitative estimate of drug-likeness (QED) is 0.871. The average Bonchev–Trinajstić information content (AvgIpc) is 2.73. The molecular formula is C13H14F2N2O3. The van der Waals surface area contributed by atoms with Crippen molar-refractivity contribution in [3.8, 4) is 11.5 Å². The number of benzene rings is 1. The van der Waals surface area contributed by atoms with Gasteiger partial charge in [0.2, 0.25) is 5.91 Å². The predicted molar refractivity (Wildman–Crippen MR) is 66.9 cm³/mol. The highest BCUT2D eigenvalue weighted by atomic mass is 19.3. The van der Waals surface area contributed by atoms with Crippen LogP contribution in [0.25, 0.3) is 0 Å². The van der Waals surface area contributed by atoms with Gasteiger partial charge in [-0.05, 0) is 38.1 Å². The van der Waals surface area contributed by atoms with Crippen molar-refractivity contribution in [2.45, 2.75) is 19.1 Å². The Labute approximate surface area is 114 Å². The lowest BCUT2D eigenvalue weighted by Gasteiger charge is -2.21. The van der Waals surface area contributed by atoms with E-state index in [1.54, 1.807) is 0 Å². The number of amides is 1. The van der Waals surface area contributed by atoms with Gasteiger partial charge in [-0.3, -0.25) is 4.79 Å². The van der Waals surface area contributed by atoms with Crippen molar-refractivity contribution in [1.82, 2.24) is 5.32 Å². The van der Waals surface area contributed by atoms with Crippen LogP contribution in [0.15, 0.2) is 18.2 Å². The normalized spacial score (nSPS) is 20.7. The van der Waals surface area contributed by atoms with Crippen molar-refractivity contribution < 1.29 is 23.0 Å². The van der Waals surface area contributed by atoms with E-state index >= 15 is 0 Å². The summed E-state index contributed by atoms with van der Waals surface area (Å²) >= 11 is 0. The fourth-order valence-corrected chi connectivity index (χ4v) is 2.36. The zero-order valence-corrected chi connectivity index (χ0v) is 10.6. The van der Waals surface area contributed by atoms with Crippen LogP contribution in [0.3, 0.4) is 0 Å². The van der Waals surface area contributed by atoms with Gasteiger partial charge in [0.1, 0.15) is 0 Å². The third-order valence-electron chi connectivity index (χ3n) is 3.38. The second-order valence-electron chi connectivity index (χ2n) is 4.84. The molecule has 2 N–H and O–H groups in total. The summed E-state index contributed by atoms with van der Waals surface area (Å²) in [6.45, 7) is 1.62. The molecule has 5 nitrogen and oxygen atoms in total. The van der Waals surface area contributed by atoms with Gasteiger partial charge in [0.25, 0.3) is 0 Å². The number of anilines is 1. The van der Waals surface area contributed by atoms with E-state index in [1.165, 1.54) is 18.2 Å². The van der Waals surface area contributed by atoms with Gasteiger partial charge in [0.05, 0.1) is 0 Å². The minimum atomic E-state index is -3.64. The molecule has 2 aliphatic heterocycles. The smallest absolute Gasteiger partial charge is 0.395 e. The third kappa shape index (κ3) is 2.67. The van der Waals surface area contributed by atoms with E-state index in [0.717, 1.165) is 25.9 Å². The fourth-order valence-electron chi connectivity index (χ4n) is 2.36. The molecule has 20 heavy (non-hydrogen) atoms. The van der Waals surface area contributed by atoms with E-state index in [2.05, 4.69) is 20.1 Å². The highest BCUT2D eigenvalue weighted by Crippen LogP contribution is 2.42. The highest BCUT2D eigenvalue weighted by Gasteiger charge is 2.43. The minimum Gasteiger partial charge on any atom is -0.395 e. The molecule has 0 aromatic heterocycles. The van der Waals surface area contributed by atoms with Gasteiger partial charge >= 0.3 is 6.29 Å². The standard InChI is InChI=1S/C13H14F2N2O3/c14-13(15)19-10-2-1-9(7-11(10)20-13)17-12(18)8-3-5-16-6-4-8/h1-2,7-8,16H,3-6H2,(H,17,18). The van der Waals surface area contributed by atoms with Gasteiger partial charge in [-0.25, -0.2) is 0 Å². The number of fused-ring (bicyclic) bond motifs is 1. The summed E-state index contributed by atoms with van der Waals surface area (Å²) in [4.78, 5) is 12.0. The van der Waals surface area contributed by atoms with Crippen LogP contribution in [0.2, 0.25) is 0 Å². The van der Waals surface area contributed by atoms with E-state index in [9.17, 15) is 13.6 Å². The van der Waals surface area contributed by atoms with Gasteiger partial charge in [-0.2, -0.15) is 0 Å². The Morgan fingerprint density at radius 2 is 1.95 bits per heavy atom. The lowest BCUT2D eigenvalue weighted by Crippen LogP contribution is -2.34. The number of carbonyl (C=O) groups excluding carboxylic acids is 1. The van der Waals surface area contributed by atoms with Crippen LogP contribution in [0, 0.1) is 5.92 Å². The molecule has 0 bridgehead atoms. The molecule has 0 aliphatic carbocycles. The van der Waals surface area contributed by atoms with E-state index in [0.29, 0.717) is 5.69 Å². The number of hydrogen-bond donors (Lipinski definition) is 2. The summed E-state index contributed by atoms with van der Waals surface area (Å²) in [6, 6.07) is 4.21. The maximum atomic E-state index is 12.9. The first-order valence-electron chi connectivity index (χ1n) is 6.45. The molecule has 0 atom stereocenters. The summed E-state index contributed by atoms with van der Waals surface area (Å²) in [6.07, 6.45) is -2.09. The molecule has 1 aromatic carbocycles. The Kier molecular flexibility index (Phi) is 3.21. The second kappa shape index (κ2) is 4.90. The van der Waals surface area contributed by atoms with Crippen LogP contribution >= 0.6 is 0 Å². The van der Waals surface area contributed by atoms with Gasteiger partial charge in [0.15, 0.2) is 11.5 Å². The molecule has 1 saturated heterocycles. The van der Waals surface area contributed by atoms with Gasteiger partial charge in [-0.15, -0.1) is 8.78 Å². The highest BCUT2D eigenvalue weighted by molar-refractivity contribution is 5.93. The fraction of sp³-hybridized carbons (Fsp3) is 0.462. The Morgan fingerprint density at radius 1 is 1.25 bits per heavy atom. The number of ether oxygens (including phenoxy) is 2. The van der Waals surface area contributed by atoms with Gasteiger partial charge in [0, 0.05) is 17.7 Å². The van der Waals surface area contributed by atoms with Crippen LogP contribution < -0.4 is 20.1 Å². The van der Waals surface area contributed by atoms with Crippen molar-refractivity contribution in [3.63, 3.8) is 0 Å². The van der Waals surface area contributed by atoms with Crippen molar-refractivity contribution in [3.05, 3.63) is 18.2 Å². The van der Waals surface area contributed by atoms with E-state index in [1.807, 2.05) is 0 Å². The van der Waals surface area contributed by atoms with Gasteiger partial charge in [-0.1, -0.05) is 0 Å². The molecule has 0 spiro atoms. The molecule has 1 aromatic rings. The van der Waals surface area contributed by atoms with Crippen LogP contribution in [0.4, 0.5) is 14.5 Å². The Bertz CT molecular complexity index is 530. The zero-order chi connectivity index (χ0) is 14.2. The maximum absolute atomic E-state index is 12.9. The first-order valence-corrected chi connectivity index (χ1v) is 6.45. The van der Waals surface area contributed by atoms with E-state index < -0.39 is 6.29 Å². The van der Waals surface area contributed by atoms with E-state index in [-0.39, 0.29) is 23.3 Å². The molecule has 0 unspecified atom stereocenters. The van der Waals surface area contributed by atoms with Crippen molar-refractivity contribution in [1.29, 1.82) is 0 Å². The molecule has 1 amide bonds. The first-order chi connectivity index (χ1) is 9.53. The van der Waals surface area contributed by atoms with Gasteiger partial charge < -0.3 is 20.1 Å². The molecular weight excluding hydrogens is 270 g/mol. The number of rotatable bonds is 2. The molecule has 2 aliphatic rings. The third-order valence-corrected chi connectivity index (χ3v) is 3.38. The Morgan fingerprint density at radius 3 is 2.70 bits per heavy atom. The predicted octanol–water partition coefficient (Wildman–Crippen LogP) is 1.95. The maximum Gasteiger partial charge on any atom is 0.586 e. The topological polar surface area (TPSA) is 59.6 Å². The summed E-state index contributed by atoms with van der Waals surface area (Å²) in [5.74, 6) is -0.256. The molecule has 0 radical (unpaired) electrons. The molecule has 1 fully saturated rings. The molecule has 108 valence electrons. The summed E-state index contributed by atoms with van der Waals surface area (Å²) in [5.41, 5.74) is 0.425. The number of alkyl halides is 2. The van der Waals surface area contributed by atoms with Crippen LogP contribution in [0.1, 0.15) is 12.8 Å². The van der Waals surface area contributed by atoms with Crippen molar-refractivity contribution in [2.75, 3.05) is 18.4 Å². The van der Waals surface area contributed by atoms with Crippen molar-refractivity contribution >= 4 is 11.6 Å². The summed E-state index contributed by atoms with van der Waals surface area (Å²) in [7, 11) is 0. The largest absolute Gasteiger partial charge is 0.586 e. The SMILES string of the molecule is O=C(Nc1ccc2c(c1)OC(F)(F)O2)C1CCNCC1. The van der Waals surface area contributed by atoms with Crippen LogP contribution in [-0.4, -0.2) is 25.3 Å². The first kappa shape index (κ1) is 13.1. The number of nitrogens with one attached hydrogen (secondary N) is 2. The van der Waals surface area contributed by atoms with E-state index in [4.69, 9.17) is 0 Å². The molecule has 0 saturated carbocycles. The van der Waals surface area contributed by atoms with Crippen LogP contribution in [-0.2, 0) is 4.79 Å². The summed E-state index contributed by atoms with van der Waals surface area (Å²) < 4.78 is 34.4. The molecule has 3 rings (SSSR count). The van der Waals surface area contributed by atoms with Crippen LogP contribution in [0.5, 0.6) is 11.5 Å². The minimum absolute atomic E-state index is 0.0325. The Balaban J connectivity index is 1.68. The lowest BCUT2D eigenvalue weighted by atomic mass is 9.97. The lowest BCUT2D eigenvalue weighted by molar-refractivity contribution is -0.286. The number of halogens is 2. The average molecular weight is 284 g/mol. The number of piperidine rings is 1. The number of carbonyl (C=O) groups is 1. The zero-order valence-electron chi connectivity index (χ0n) is 10.6.